The van der Waals surface area contributed by atoms with E-state index in [0.29, 0.717) is 11.4 Å². The summed E-state index contributed by atoms with van der Waals surface area (Å²) in [7, 11) is 0.409. The Labute approximate surface area is 202 Å². The summed E-state index contributed by atoms with van der Waals surface area (Å²) in [5.41, 5.74) is 1.13. The van der Waals surface area contributed by atoms with Crippen molar-refractivity contribution in [1.29, 1.82) is 0 Å². The van der Waals surface area contributed by atoms with Crippen molar-refractivity contribution >= 4 is 27.7 Å². The number of amides is 2. The highest BCUT2D eigenvalue weighted by Crippen LogP contribution is 2.21. The fourth-order valence-electron chi connectivity index (χ4n) is 3.23. The van der Waals surface area contributed by atoms with Crippen LogP contribution < -0.4 is 14.4 Å². The molecule has 1 atom stereocenters. The molecule has 0 unspecified atom stereocenters. The summed E-state index contributed by atoms with van der Waals surface area (Å²) >= 11 is 0. The number of para-hydroxylation sites is 1. The smallest absolute Gasteiger partial charge is 0.304 e. The van der Waals surface area contributed by atoms with Crippen molar-refractivity contribution in [3.8, 4) is 5.75 Å². The Balaban J connectivity index is 2.41. The van der Waals surface area contributed by atoms with E-state index in [2.05, 4.69) is 5.32 Å². The summed E-state index contributed by atoms with van der Waals surface area (Å²) < 4.78 is 33.4. The Bertz CT molecular complexity index is 1060. The number of methoxy groups -OCH3 is 1. The topological polar surface area (TPSA) is 99.3 Å². The molecule has 0 radical (unpaired) electrons. The van der Waals surface area contributed by atoms with Gasteiger partial charge in [-0.05, 0) is 50.6 Å². The molecule has 2 aromatic rings. The molecule has 0 heterocycles. The number of carbonyl (C=O) groups excluding carboxylic acids is 2. The van der Waals surface area contributed by atoms with Gasteiger partial charge in [0.2, 0.25) is 11.8 Å². The molecule has 186 valence electrons. The minimum absolute atomic E-state index is 0.108. The number of nitrogens with zero attached hydrogens (tertiary/aromatic N) is 3. The van der Waals surface area contributed by atoms with Crippen LogP contribution in [0.1, 0.15) is 26.3 Å². The van der Waals surface area contributed by atoms with Crippen LogP contribution in [0.25, 0.3) is 0 Å². The molecule has 34 heavy (non-hydrogen) atoms. The Kier molecular flexibility index (Phi) is 9.46. The molecule has 0 aliphatic carbocycles. The van der Waals surface area contributed by atoms with E-state index in [4.69, 9.17) is 4.74 Å². The maximum atomic E-state index is 13.6. The highest BCUT2D eigenvalue weighted by molar-refractivity contribution is 7.90. The van der Waals surface area contributed by atoms with Gasteiger partial charge in [0.05, 0.1) is 12.8 Å². The summed E-state index contributed by atoms with van der Waals surface area (Å²) in [6, 6.07) is 14.6. The average Bonchev–Trinajstić information content (AvgIpc) is 2.80. The number of hydrogen-bond acceptors (Lipinski definition) is 5. The van der Waals surface area contributed by atoms with Gasteiger partial charge in [-0.2, -0.15) is 12.7 Å². The van der Waals surface area contributed by atoms with E-state index < -0.39 is 28.7 Å². The van der Waals surface area contributed by atoms with Gasteiger partial charge in [0.25, 0.3) is 0 Å². The van der Waals surface area contributed by atoms with E-state index in [-0.39, 0.29) is 18.5 Å². The van der Waals surface area contributed by atoms with Gasteiger partial charge in [0, 0.05) is 26.7 Å². The minimum Gasteiger partial charge on any atom is -0.497 e. The number of carbonyl (C=O) groups is 2. The Morgan fingerprint density at radius 1 is 0.971 bits per heavy atom. The molecule has 0 bridgehead atoms. The van der Waals surface area contributed by atoms with Crippen LogP contribution >= 0.6 is 0 Å². The second kappa shape index (κ2) is 11.8. The predicted molar refractivity (Wildman–Crippen MR) is 133 cm³/mol. The Hall–Kier alpha value is -3.11. The summed E-state index contributed by atoms with van der Waals surface area (Å²) in [6.45, 7) is 4.97. The molecule has 9 nitrogen and oxygen atoms in total. The molecule has 2 amide bonds. The van der Waals surface area contributed by atoms with Crippen LogP contribution in [0.4, 0.5) is 5.69 Å². The highest BCUT2D eigenvalue weighted by atomic mass is 32.2. The summed E-state index contributed by atoms with van der Waals surface area (Å²) in [6.07, 6.45) is 0. The van der Waals surface area contributed by atoms with Crippen molar-refractivity contribution < 1.29 is 22.7 Å². The number of benzene rings is 2. The predicted octanol–water partition coefficient (Wildman–Crippen LogP) is 2.25. The van der Waals surface area contributed by atoms with Gasteiger partial charge in [-0.1, -0.05) is 30.3 Å². The fourth-order valence-corrected chi connectivity index (χ4v) is 4.28. The van der Waals surface area contributed by atoms with Gasteiger partial charge >= 0.3 is 10.2 Å². The van der Waals surface area contributed by atoms with Crippen LogP contribution in [0, 0.1) is 0 Å². The largest absolute Gasteiger partial charge is 0.497 e. The average molecular weight is 491 g/mol. The fraction of sp³-hybridized carbons (Fsp3) is 0.417. The van der Waals surface area contributed by atoms with Crippen molar-refractivity contribution in [3.05, 3.63) is 60.2 Å². The second-order valence-corrected chi connectivity index (χ2v) is 10.4. The van der Waals surface area contributed by atoms with Crippen LogP contribution in [0.3, 0.4) is 0 Å². The molecule has 0 aliphatic heterocycles. The maximum absolute atomic E-state index is 13.6. The lowest BCUT2D eigenvalue weighted by Gasteiger charge is -2.33. The van der Waals surface area contributed by atoms with Gasteiger partial charge in [0.15, 0.2) is 0 Å². The van der Waals surface area contributed by atoms with Crippen molar-refractivity contribution in [2.75, 3.05) is 32.1 Å². The van der Waals surface area contributed by atoms with Gasteiger partial charge in [0.1, 0.15) is 18.3 Å². The van der Waals surface area contributed by atoms with Crippen LogP contribution in [0.5, 0.6) is 5.75 Å². The third kappa shape index (κ3) is 6.94. The minimum atomic E-state index is -3.97. The van der Waals surface area contributed by atoms with E-state index in [1.807, 2.05) is 13.8 Å². The quantitative estimate of drug-likeness (QED) is 0.521. The summed E-state index contributed by atoms with van der Waals surface area (Å²) in [5.74, 6) is -0.158. The van der Waals surface area contributed by atoms with E-state index in [0.717, 1.165) is 14.2 Å². The van der Waals surface area contributed by atoms with Crippen molar-refractivity contribution in [2.24, 2.45) is 0 Å². The number of ether oxygens (including phenoxy) is 1. The van der Waals surface area contributed by atoms with Crippen molar-refractivity contribution in [1.82, 2.24) is 14.5 Å². The molecule has 0 aromatic heterocycles. The van der Waals surface area contributed by atoms with Crippen molar-refractivity contribution in [3.63, 3.8) is 0 Å². The number of rotatable bonds is 11. The first-order valence-electron chi connectivity index (χ1n) is 10.9. The molecule has 0 saturated heterocycles. The lowest BCUT2D eigenvalue weighted by molar-refractivity contribution is -0.139. The Morgan fingerprint density at radius 3 is 2.06 bits per heavy atom. The van der Waals surface area contributed by atoms with Gasteiger partial charge in [-0.25, -0.2) is 4.31 Å². The SMILES string of the molecule is COc1ccc(CN(C(=O)CN(c2ccccc2)S(=O)(=O)N(C)C)[C@H](C)C(=O)NC(C)C)cc1. The zero-order chi connectivity index (χ0) is 25.5. The van der Waals surface area contributed by atoms with Gasteiger partial charge in [-0.3, -0.25) is 9.59 Å². The molecular formula is C24H34N4O5S. The second-order valence-electron chi connectivity index (χ2n) is 8.34. The first kappa shape index (κ1) is 27.1. The van der Waals surface area contributed by atoms with Crippen LogP contribution in [0.2, 0.25) is 0 Å². The van der Waals surface area contributed by atoms with Crippen molar-refractivity contribution in [2.45, 2.75) is 39.4 Å². The van der Waals surface area contributed by atoms with E-state index in [9.17, 15) is 18.0 Å². The molecule has 0 aliphatic rings. The van der Waals surface area contributed by atoms with Crippen LogP contribution in [0.15, 0.2) is 54.6 Å². The lowest BCUT2D eigenvalue weighted by Crippen LogP contribution is -2.53. The summed E-state index contributed by atoms with van der Waals surface area (Å²) in [4.78, 5) is 27.7. The van der Waals surface area contributed by atoms with Gasteiger partial charge in [-0.15, -0.1) is 0 Å². The highest BCUT2D eigenvalue weighted by Gasteiger charge is 2.32. The van der Waals surface area contributed by atoms with Gasteiger partial charge < -0.3 is 15.0 Å². The lowest BCUT2D eigenvalue weighted by atomic mass is 10.1. The molecule has 0 saturated carbocycles. The molecule has 0 fully saturated rings. The third-order valence-electron chi connectivity index (χ3n) is 5.17. The number of anilines is 1. The molecule has 10 heteroatoms. The summed E-state index contributed by atoms with van der Waals surface area (Å²) in [5, 5.41) is 2.82. The van der Waals surface area contributed by atoms with E-state index in [1.165, 1.54) is 19.0 Å². The zero-order valence-corrected chi connectivity index (χ0v) is 21.4. The zero-order valence-electron chi connectivity index (χ0n) is 20.6. The van der Waals surface area contributed by atoms with E-state index >= 15 is 0 Å². The molecular weight excluding hydrogens is 456 g/mol. The molecule has 0 spiro atoms. The monoisotopic (exact) mass is 490 g/mol. The maximum Gasteiger partial charge on any atom is 0.304 e. The molecule has 2 rings (SSSR count). The first-order valence-corrected chi connectivity index (χ1v) is 12.3. The van der Waals surface area contributed by atoms with Crippen LogP contribution in [-0.2, 0) is 26.3 Å². The normalized spacial score (nSPS) is 12.4. The number of nitrogens with one attached hydrogen (secondary N) is 1. The molecule has 2 aromatic carbocycles. The van der Waals surface area contributed by atoms with E-state index in [1.54, 1.807) is 68.6 Å². The van der Waals surface area contributed by atoms with Crippen LogP contribution in [-0.4, -0.2) is 69.3 Å². The number of hydrogen-bond donors (Lipinski definition) is 1. The first-order chi connectivity index (χ1) is 16.0. The Morgan fingerprint density at radius 2 is 1.56 bits per heavy atom. The standard InChI is InChI=1S/C24H34N4O5S/c1-18(2)25-24(30)19(3)27(16-20-12-14-22(33-6)15-13-20)23(29)17-28(34(31,32)26(4)5)21-10-8-7-9-11-21/h7-15,18-19H,16-17H2,1-6H3,(H,25,30)/t19-/m1/s1. The third-order valence-corrected chi connectivity index (χ3v) is 6.99. The molecule has 1 N–H and O–H groups in total.